The van der Waals surface area contributed by atoms with Crippen molar-refractivity contribution in [2.24, 2.45) is 0 Å². The highest BCUT2D eigenvalue weighted by Crippen LogP contribution is 2.26. The molecule has 0 saturated heterocycles. The van der Waals surface area contributed by atoms with Crippen LogP contribution in [0.15, 0.2) is 12.3 Å². The maximum absolute atomic E-state index is 10.8. The van der Waals surface area contributed by atoms with Gasteiger partial charge < -0.3 is 14.5 Å². The molecule has 2 heterocycles. The van der Waals surface area contributed by atoms with Crippen LogP contribution < -0.4 is 4.74 Å². The predicted octanol–water partition coefficient (Wildman–Crippen LogP) is 4.02. The SMILES string of the molecule is CC.CCCc1cnc(OC)c2[nH]c(C=O)cc12.CCOC. The van der Waals surface area contributed by atoms with Gasteiger partial charge in [0.2, 0.25) is 5.88 Å². The van der Waals surface area contributed by atoms with Crippen molar-refractivity contribution in [2.45, 2.75) is 40.5 Å². The molecule has 0 amide bonds. The standard InChI is InChI=1S/C12H14N2O2.C3H8O.C2H6/c1-3-4-8-6-13-12(16-2)11-10(8)5-9(7-15)14-11;1-3-4-2;1-2/h5-7,14H,3-4H2,1-2H3;3H2,1-2H3;1-2H3. The molecule has 2 aromatic rings. The van der Waals surface area contributed by atoms with E-state index < -0.39 is 0 Å². The highest BCUT2D eigenvalue weighted by Gasteiger charge is 2.10. The second-order valence-corrected chi connectivity index (χ2v) is 4.25. The Kier molecular flexibility index (Phi) is 10.7. The molecule has 5 heteroatoms. The molecule has 1 N–H and O–H groups in total. The summed E-state index contributed by atoms with van der Waals surface area (Å²) in [5.41, 5.74) is 2.50. The van der Waals surface area contributed by atoms with E-state index in [9.17, 15) is 4.79 Å². The number of aryl methyl sites for hydroxylation is 1. The normalized spacial score (nSPS) is 9.36. The van der Waals surface area contributed by atoms with E-state index in [0.29, 0.717) is 11.6 Å². The fourth-order valence-electron chi connectivity index (χ4n) is 1.85. The van der Waals surface area contributed by atoms with E-state index in [0.717, 1.165) is 42.2 Å². The minimum absolute atomic E-state index is 0.531. The lowest BCUT2D eigenvalue weighted by Gasteiger charge is -2.04. The van der Waals surface area contributed by atoms with E-state index in [1.165, 1.54) is 0 Å². The van der Waals surface area contributed by atoms with Gasteiger partial charge in [0.05, 0.1) is 12.8 Å². The smallest absolute Gasteiger partial charge is 0.238 e. The van der Waals surface area contributed by atoms with E-state index in [1.54, 1.807) is 14.2 Å². The van der Waals surface area contributed by atoms with Gasteiger partial charge in [-0.25, -0.2) is 4.98 Å². The van der Waals surface area contributed by atoms with Crippen LogP contribution in [0.5, 0.6) is 5.88 Å². The Hall–Kier alpha value is -1.88. The molecule has 124 valence electrons. The number of carbonyl (C=O) groups excluding carboxylic acids is 1. The van der Waals surface area contributed by atoms with Crippen LogP contribution in [0.3, 0.4) is 0 Å². The van der Waals surface area contributed by atoms with Crippen LogP contribution in [0, 0.1) is 0 Å². The third kappa shape index (κ3) is 5.48. The summed E-state index contributed by atoms with van der Waals surface area (Å²) in [5, 5.41) is 1.02. The van der Waals surface area contributed by atoms with Gasteiger partial charge in [0.15, 0.2) is 6.29 Å². The van der Waals surface area contributed by atoms with Gasteiger partial charge in [-0.1, -0.05) is 27.2 Å². The molecule has 0 aliphatic rings. The minimum Gasteiger partial charge on any atom is -0.479 e. The van der Waals surface area contributed by atoms with Crippen LogP contribution in [0.4, 0.5) is 0 Å². The van der Waals surface area contributed by atoms with E-state index >= 15 is 0 Å². The van der Waals surface area contributed by atoms with Gasteiger partial charge in [0, 0.05) is 25.3 Å². The number of aromatic nitrogens is 2. The number of carbonyl (C=O) groups is 1. The Balaban J connectivity index is 0.000000640. The number of pyridine rings is 1. The van der Waals surface area contributed by atoms with Gasteiger partial charge in [0.25, 0.3) is 0 Å². The van der Waals surface area contributed by atoms with Crippen LogP contribution in [0.1, 0.15) is 50.2 Å². The van der Waals surface area contributed by atoms with Crippen molar-refractivity contribution in [3.63, 3.8) is 0 Å². The van der Waals surface area contributed by atoms with Gasteiger partial charge in [-0.3, -0.25) is 4.79 Å². The quantitative estimate of drug-likeness (QED) is 0.847. The number of hydrogen-bond acceptors (Lipinski definition) is 4. The Bertz CT molecular complexity index is 548. The zero-order valence-corrected chi connectivity index (χ0v) is 14.5. The number of hydrogen-bond donors (Lipinski definition) is 1. The Morgan fingerprint density at radius 1 is 1.27 bits per heavy atom. The first kappa shape index (κ1) is 20.1. The third-order valence-electron chi connectivity index (χ3n) is 2.86. The zero-order valence-electron chi connectivity index (χ0n) is 14.5. The maximum Gasteiger partial charge on any atom is 0.238 e. The number of nitrogens with zero attached hydrogens (tertiary/aromatic N) is 1. The van der Waals surface area contributed by atoms with E-state index in [2.05, 4.69) is 21.6 Å². The number of aromatic amines is 1. The van der Waals surface area contributed by atoms with E-state index in [-0.39, 0.29) is 0 Å². The molecule has 0 spiro atoms. The van der Waals surface area contributed by atoms with Crippen molar-refractivity contribution in [1.82, 2.24) is 9.97 Å². The molecule has 0 aliphatic heterocycles. The number of rotatable bonds is 5. The predicted molar refractivity (Wildman–Crippen MR) is 90.9 cm³/mol. The lowest BCUT2D eigenvalue weighted by molar-refractivity contribution is 0.112. The van der Waals surface area contributed by atoms with Crippen LogP contribution in [0.25, 0.3) is 10.9 Å². The fourth-order valence-corrected chi connectivity index (χ4v) is 1.85. The van der Waals surface area contributed by atoms with Crippen molar-refractivity contribution < 1.29 is 14.3 Å². The second kappa shape index (κ2) is 11.7. The van der Waals surface area contributed by atoms with Gasteiger partial charge in [0.1, 0.15) is 5.52 Å². The molecule has 2 aromatic heterocycles. The monoisotopic (exact) mass is 308 g/mol. The summed E-state index contributed by atoms with van der Waals surface area (Å²) in [5.74, 6) is 0.531. The van der Waals surface area contributed by atoms with Crippen molar-refractivity contribution in [2.75, 3.05) is 20.8 Å². The number of nitrogens with one attached hydrogen (secondary N) is 1. The molecule has 5 nitrogen and oxygen atoms in total. The van der Waals surface area contributed by atoms with Crippen molar-refractivity contribution >= 4 is 17.2 Å². The first-order valence-corrected chi connectivity index (χ1v) is 7.70. The number of aldehydes is 1. The van der Waals surface area contributed by atoms with Crippen molar-refractivity contribution in [1.29, 1.82) is 0 Å². The molecule has 0 atom stereocenters. The Morgan fingerprint density at radius 2 is 1.91 bits per heavy atom. The summed E-state index contributed by atoms with van der Waals surface area (Å²) in [6.45, 7) is 8.89. The molecular formula is C17H28N2O3. The summed E-state index contributed by atoms with van der Waals surface area (Å²) in [4.78, 5) is 18.0. The summed E-state index contributed by atoms with van der Waals surface area (Å²) in [7, 11) is 3.25. The largest absolute Gasteiger partial charge is 0.479 e. The first-order valence-electron chi connectivity index (χ1n) is 7.70. The minimum atomic E-state index is 0.531. The number of methoxy groups -OCH3 is 2. The van der Waals surface area contributed by atoms with E-state index in [1.807, 2.05) is 33.0 Å². The second-order valence-electron chi connectivity index (χ2n) is 4.25. The molecule has 0 unspecified atom stereocenters. The molecule has 0 aliphatic carbocycles. The molecule has 0 fully saturated rings. The highest BCUT2D eigenvalue weighted by molar-refractivity contribution is 5.92. The summed E-state index contributed by atoms with van der Waals surface area (Å²) in [6, 6.07) is 1.84. The summed E-state index contributed by atoms with van der Waals surface area (Å²) < 4.78 is 9.70. The van der Waals surface area contributed by atoms with Gasteiger partial charge in [-0.2, -0.15) is 0 Å². The molecule has 2 rings (SSSR count). The van der Waals surface area contributed by atoms with Crippen molar-refractivity contribution in [3.05, 3.63) is 23.5 Å². The molecule has 0 radical (unpaired) electrons. The van der Waals surface area contributed by atoms with Crippen LogP contribution in [-0.2, 0) is 11.2 Å². The topological polar surface area (TPSA) is 64.2 Å². The average molecular weight is 308 g/mol. The highest BCUT2D eigenvalue weighted by atomic mass is 16.5. The Labute approximate surface area is 133 Å². The number of H-pyrrole nitrogens is 1. The summed E-state index contributed by atoms with van der Waals surface area (Å²) >= 11 is 0. The molecule has 0 aromatic carbocycles. The summed E-state index contributed by atoms with van der Waals surface area (Å²) in [6.07, 6.45) is 4.61. The first-order chi connectivity index (χ1) is 10.7. The molecular weight excluding hydrogens is 280 g/mol. The Morgan fingerprint density at radius 3 is 2.36 bits per heavy atom. The number of fused-ring (bicyclic) bond motifs is 1. The molecule has 22 heavy (non-hydrogen) atoms. The lowest BCUT2D eigenvalue weighted by atomic mass is 10.1. The number of ether oxygens (including phenoxy) is 2. The van der Waals surface area contributed by atoms with Gasteiger partial charge in [-0.05, 0) is 25.0 Å². The fraction of sp³-hybridized carbons (Fsp3) is 0.529. The third-order valence-corrected chi connectivity index (χ3v) is 2.86. The van der Waals surface area contributed by atoms with Crippen molar-refractivity contribution in [3.8, 4) is 5.88 Å². The molecule has 0 bridgehead atoms. The maximum atomic E-state index is 10.8. The van der Waals surface area contributed by atoms with E-state index in [4.69, 9.17) is 4.74 Å². The average Bonchev–Trinajstić information content (AvgIpc) is 3.02. The van der Waals surface area contributed by atoms with Crippen LogP contribution in [0.2, 0.25) is 0 Å². The van der Waals surface area contributed by atoms with Gasteiger partial charge >= 0.3 is 0 Å². The van der Waals surface area contributed by atoms with Gasteiger partial charge in [-0.15, -0.1) is 0 Å². The zero-order chi connectivity index (χ0) is 17.0. The molecule has 0 saturated carbocycles. The lowest BCUT2D eigenvalue weighted by Crippen LogP contribution is -1.92. The van der Waals surface area contributed by atoms with Crippen LogP contribution >= 0.6 is 0 Å². The van der Waals surface area contributed by atoms with Crippen LogP contribution in [-0.4, -0.2) is 37.1 Å².